The Morgan fingerprint density at radius 3 is 2.59 bits per heavy atom. The topological polar surface area (TPSA) is 81.5 Å². The number of anilines is 1. The van der Waals surface area contributed by atoms with Gasteiger partial charge in [0.25, 0.3) is 0 Å². The molecule has 0 radical (unpaired) electrons. The lowest BCUT2D eigenvalue weighted by Crippen LogP contribution is -2.36. The van der Waals surface area contributed by atoms with Crippen LogP contribution in [0.15, 0.2) is 24.3 Å². The Morgan fingerprint density at radius 2 is 1.91 bits per heavy atom. The second kappa shape index (κ2) is 9.56. The first-order valence-corrected chi connectivity index (χ1v) is 11.0. The first kappa shape index (κ1) is 22.1. The third-order valence-electron chi connectivity index (χ3n) is 6.12. The first-order chi connectivity index (χ1) is 15.5. The molecule has 1 N–H and O–H groups in total. The highest BCUT2D eigenvalue weighted by Gasteiger charge is 2.18. The number of amides is 1. The number of fused-ring (bicyclic) bond motifs is 1. The minimum absolute atomic E-state index is 0.0271. The molecule has 0 unspecified atom stereocenters. The number of carbonyl (C=O) groups is 1. The van der Waals surface area contributed by atoms with Crippen molar-refractivity contribution in [3.63, 3.8) is 0 Å². The van der Waals surface area contributed by atoms with Crippen molar-refractivity contribution < 1.29 is 14.3 Å². The molecule has 8 heteroatoms. The van der Waals surface area contributed by atoms with Crippen molar-refractivity contribution in [3.8, 4) is 5.88 Å². The molecule has 0 atom stereocenters. The van der Waals surface area contributed by atoms with Crippen molar-refractivity contribution in [3.05, 3.63) is 46.6 Å². The smallest absolute Gasteiger partial charge is 0.242 e. The van der Waals surface area contributed by atoms with Crippen LogP contribution in [0.3, 0.4) is 0 Å². The lowest BCUT2D eigenvalue weighted by molar-refractivity contribution is -0.121. The fraction of sp³-hybridized carbons (Fsp3) is 0.458. The van der Waals surface area contributed by atoms with E-state index in [9.17, 15) is 4.79 Å². The summed E-state index contributed by atoms with van der Waals surface area (Å²) < 4.78 is 12.6. The van der Waals surface area contributed by atoms with Crippen molar-refractivity contribution in [1.29, 1.82) is 0 Å². The van der Waals surface area contributed by atoms with Gasteiger partial charge in [-0.05, 0) is 49.1 Å². The quantitative estimate of drug-likeness (QED) is 0.612. The number of aryl methyl sites for hydroxylation is 3. The van der Waals surface area contributed by atoms with Gasteiger partial charge in [0.2, 0.25) is 11.8 Å². The number of methoxy groups -OCH3 is 1. The number of aromatic nitrogens is 3. The Morgan fingerprint density at radius 1 is 1.19 bits per heavy atom. The normalized spacial score (nSPS) is 14.1. The molecule has 3 aromatic rings. The molecule has 1 saturated heterocycles. The number of ether oxygens (including phenoxy) is 2. The maximum atomic E-state index is 12.5. The predicted molar refractivity (Wildman–Crippen MR) is 124 cm³/mol. The van der Waals surface area contributed by atoms with Crippen LogP contribution in [0, 0.1) is 13.8 Å². The zero-order valence-electron chi connectivity index (χ0n) is 19.3. The number of carbonyl (C=O) groups excluding carboxylic acids is 1. The third-order valence-corrected chi connectivity index (χ3v) is 6.12. The van der Waals surface area contributed by atoms with Crippen LogP contribution in [-0.2, 0) is 29.5 Å². The van der Waals surface area contributed by atoms with Crippen molar-refractivity contribution in [1.82, 2.24) is 20.1 Å². The molecule has 4 rings (SSSR count). The predicted octanol–water partition coefficient (Wildman–Crippen LogP) is 2.68. The van der Waals surface area contributed by atoms with E-state index in [2.05, 4.69) is 39.6 Å². The van der Waals surface area contributed by atoms with E-state index >= 15 is 0 Å². The lowest BCUT2D eigenvalue weighted by Gasteiger charge is -2.28. The number of morpholine rings is 1. The summed E-state index contributed by atoms with van der Waals surface area (Å²) >= 11 is 0. The maximum absolute atomic E-state index is 12.5. The number of nitrogens with zero attached hydrogens (tertiary/aromatic N) is 4. The van der Waals surface area contributed by atoms with Gasteiger partial charge in [0, 0.05) is 44.5 Å². The highest BCUT2D eigenvalue weighted by Crippen LogP contribution is 2.30. The van der Waals surface area contributed by atoms with E-state index in [1.807, 2.05) is 20.9 Å². The molecule has 170 valence electrons. The Balaban J connectivity index is 1.35. The maximum Gasteiger partial charge on any atom is 0.242 e. The zero-order chi connectivity index (χ0) is 22.7. The summed E-state index contributed by atoms with van der Waals surface area (Å²) in [4.78, 5) is 19.5. The molecule has 1 aliphatic heterocycles. The number of nitrogens with one attached hydrogen (secondary N) is 1. The van der Waals surface area contributed by atoms with E-state index in [0.29, 0.717) is 25.3 Å². The van der Waals surface area contributed by atoms with Crippen LogP contribution in [-0.4, -0.2) is 54.1 Å². The summed E-state index contributed by atoms with van der Waals surface area (Å²) in [5.41, 5.74) is 6.16. The minimum atomic E-state index is 0.0271. The van der Waals surface area contributed by atoms with Crippen LogP contribution in [0.2, 0.25) is 0 Å². The Hall–Kier alpha value is -3.13. The summed E-state index contributed by atoms with van der Waals surface area (Å²) in [5, 5.41) is 8.34. The summed E-state index contributed by atoms with van der Waals surface area (Å²) in [6, 6.07) is 8.38. The summed E-state index contributed by atoms with van der Waals surface area (Å²) in [6.07, 6.45) is 1.03. The van der Waals surface area contributed by atoms with E-state index in [0.717, 1.165) is 59.7 Å². The van der Waals surface area contributed by atoms with Crippen LogP contribution in [0.25, 0.3) is 11.0 Å². The Labute approximate surface area is 188 Å². The zero-order valence-corrected chi connectivity index (χ0v) is 19.3. The summed E-state index contributed by atoms with van der Waals surface area (Å²) in [7, 11) is 3.47. The van der Waals surface area contributed by atoms with Gasteiger partial charge in [0.1, 0.15) is 0 Å². The molecule has 0 bridgehead atoms. The molecule has 0 aliphatic carbocycles. The molecular formula is C24H31N5O3. The largest absolute Gasteiger partial charge is 0.479 e. The van der Waals surface area contributed by atoms with Gasteiger partial charge in [0.15, 0.2) is 5.65 Å². The van der Waals surface area contributed by atoms with Gasteiger partial charge in [-0.3, -0.25) is 4.79 Å². The lowest BCUT2D eigenvalue weighted by atomic mass is 10.00. The van der Waals surface area contributed by atoms with Gasteiger partial charge in [-0.15, -0.1) is 5.10 Å². The average molecular weight is 438 g/mol. The van der Waals surface area contributed by atoms with Crippen molar-refractivity contribution >= 4 is 22.6 Å². The van der Waals surface area contributed by atoms with Crippen molar-refractivity contribution in [2.24, 2.45) is 7.05 Å². The second-order valence-corrected chi connectivity index (χ2v) is 8.17. The van der Waals surface area contributed by atoms with E-state index in [4.69, 9.17) is 14.5 Å². The Kier molecular flexibility index (Phi) is 6.60. The SMILES string of the molecule is COc1nn(C)c2nc(C)c(CCC(=O)NCc3ccc(N4CCOCC4)cc3)c(C)c12. The molecule has 1 aliphatic rings. The van der Waals surface area contributed by atoms with Gasteiger partial charge < -0.3 is 19.7 Å². The standard InChI is InChI=1S/C24H31N5O3/c1-16-20(17(2)26-23-22(16)24(31-4)27-28(23)3)9-10-21(30)25-15-18-5-7-19(8-6-18)29-11-13-32-14-12-29/h5-8H,9-15H2,1-4H3,(H,25,30). The van der Waals surface area contributed by atoms with E-state index in [1.54, 1.807) is 11.8 Å². The number of pyridine rings is 1. The summed E-state index contributed by atoms with van der Waals surface area (Å²) in [5.74, 6) is 0.595. The fourth-order valence-corrected chi connectivity index (χ4v) is 4.28. The monoisotopic (exact) mass is 437 g/mol. The van der Waals surface area contributed by atoms with E-state index in [1.165, 1.54) is 5.69 Å². The van der Waals surface area contributed by atoms with Gasteiger partial charge in [-0.2, -0.15) is 0 Å². The highest BCUT2D eigenvalue weighted by atomic mass is 16.5. The number of rotatable bonds is 7. The third kappa shape index (κ3) is 4.55. The van der Waals surface area contributed by atoms with Gasteiger partial charge >= 0.3 is 0 Å². The number of hydrogen-bond donors (Lipinski definition) is 1. The van der Waals surface area contributed by atoms with Crippen LogP contribution in [0.5, 0.6) is 5.88 Å². The highest BCUT2D eigenvalue weighted by molar-refractivity contribution is 5.86. The van der Waals surface area contributed by atoms with Crippen LogP contribution >= 0.6 is 0 Å². The molecule has 0 spiro atoms. The minimum Gasteiger partial charge on any atom is -0.479 e. The molecule has 8 nitrogen and oxygen atoms in total. The molecule has 1 aromatic carbocycles. The molecule has 2 aromatic heterocycles. The number of benzene rings is 1. The first-order valence-electron chi connectivity index (χ1n) is 11.0. The second-order valence-electron chi connectivity index (χ2n) is 8.17. The van der Waals surface area contributed by atoms with Crippen molar-refractivity contribution in [2.45, 2.75) is 33.2 Å². The fourth-order valence-electron chi connectivity index (χ4n) is 4.28. The van der Waals surface area contributed by atoms with Crippen molar-refractivity contribution in [2.75, 3.05) is 38.3 Å². The van der Waals surface area contributed by atoms with Gasteiger partial charge in [-0.25, -0.2) is 9.67 Å². The summed E-state index contributed by atoms with van der Waals surface area (Å²) in [6.45, 7) is 7.92. The molecule has 0 saturated carbocycles. The van der Waals surface area contributed by atoms with Crippen LogP contribution < -0.4 is 15.0 Å². The van der Waals surface area contributed by atoms with Crippen LogP contribution in [0.4, 0.5) is 5.69 Å². The molecule has 32 heavy (non-hydrogen) atoms. The molecule has 1 fully saturated rings. The van der Waals surface area contributed by atoms with E-state index < -0.39 is 0 Å². The van der Waals surface area contributed by atoms with E-state index in [-0.39, 0.29) is 5.91 Å². The Bertz CT molecular complexity index is 1100. The molecular weight excluding hydrogens is 406 g/mol. The molecule has 3 heterocycles. The number of hydrogen-bond acceptors (Lipinski definition) is 6. The average Bonchev–Trinajstić information content (AvgIpc) is 3.14. The molecule has 1 amide bonds. The van der Waals surface area contributed by atoms with Gasteiger partial charge in [0.05, 0.1) is 25.7 Å². The van der Waals surface area contributed by atoms with Crippen LogP contribution in [0.1, 0.15) is 28.8 Å². The van der Waals surface area contributed by atoms with Gasteiger partial charge in [-0.1, -0.05) is 12.1 Å².